The van der Waals surface area contributed by atoms with E-state index in [1.165, 1.54) is 32.1 Å². The first-order valence-corrected chi connectivity index (χ1v) is 6.63. The number of rotatable bonds is 4. The van der Waals surface area contributed by atoms with Crippen molar-refractivity contribution in [3.05, 3.63) is 18.1 Å². The Hall–Kier alpha value is -1.16. The maximum absolute atomic E-state index is 5.75. The topological polar surface area (TPSA) is 55.0 Å². The highest BCUT2D eigenvalue weighted by Gasteiger charge is 2.24. The number of piperidine rings is 1. The van der Waals surface area contributed by atoms with Crippen LogP contribution in [0.3, 0.4) is 0 Å². The summed E-state index contributed by atoms with van der Waals surface area (Å²) in [6, 6.07) is 0.621. The van der Waals surface area contributed by atoms with Crippen molar-refractivity contribution in [2.24, 2.45) is 5.73 Å². The van der Waals surface area contributed by atoms with E-state index in [1.807, 2.05) is 0 Å². The Kier molecular flexibility index (Phi) is 4.31. The molecule has 0 bridgehead atoms. The Balaban J connectivity index is 2.22. The largest absolute Gasteiger partial charge is 0.352 e. The summed E-state index contributed by atoms with van der Waals surface area (Å²) in [4.78, 5) is 11.2. The molecule has 1 unspecified atom stereocenters. The van der Waals surface area contributed by atoms with Crippen LogP contribution >= 0.6 is 0 Å². The lowest BCUT2D eigenvalue weighted by Crippen LogP contribution is -2.40. The molecular formula is C13H22N4. The molecule has 0 aliphatic carbocycles. The summed E-state index contributed by atoms with van der Waals surface area (Å²) < 4.78 is 0. The lowest BCUT2D eigenvalue weighted by Gasteiger charge is -2.37. The normalized spacial score (nSPS) is 20.6. The van der Waals surface area contributed by atoms with Crippen molar-refractivity contribution in [2.75, 3.05) is 11.4 Å². The summed E-state index contributed by atoms with van der Waals surface area (Å²) in [6.45, 7) is 3.81. The molecule has 2 N–H and O–H groups in total. The minimum atomic E-state index is 0.471. The van der Waals surface area contributed by atoms with E-state index in [9.17, 15) is 0 Å². The molecule has 17 heavy (non-hydrogen) atoms. The van der Waals surface area contributed by atoms with Gasteiger partial charge in [0.1, 0.15) is 0 Å². The molecule has 0 aromatic carbocycles. The second-order valence-corrected chi connectivity index (χ2v) is 4.66. The van der Waals surface area contributed by atoms with Crippen molar-refractivity contribution in [1.29, 1.82) is 0 Å². The highest BCUT2D eigenvalue weighted by molar-refractivity contribution is 5.44. The molecule has 4 nitrogen and oxygen atoms in total. The van der Waals surface area contributed by atoms with Gasteiger partial charge in [-0.25, -0.2) is 4.98 Å². The van der Waals surface area contributed by atoms with Crippen LogP contribution in [-0.4, -0.2) is 22.6 Å². The van der Waals surface area contributed by atoms with Gasteiger partial charge < -0.3 is 10.6 Å². The Morgan fingerprint density at radius 2 is 2.18 bits per heavy atom. The highest BCUT2D eigenvalue weighted by Crippen LogP contribution is 2.27. The maximum atomic E-state index is 5.75. The molecule has 1 aromatic rings. The van der Waals surface area contributed by atoms with Crippen molar-refractivity contribution < 1.29 is 0 Å². The van der Waals surface area contributed by atoms with Crippen molar-refractivity contribution >= 4 is 5.82 Å². The van der Waals surface area contributed by atoms with Gasteiger partial charge in [0, 0.05) is 31.5 Å². The zero-order valence-corrected chi connectivity index (χ0v) is 10.6. The molecule has 1 fully saturated rings. The van der Waals surface area contributed by atoms with Crippen LogP contribution in [0, 0.1) is 0 Å². The van der Waals surface area contributed by atoms with E-state index < -0.39 is 0 Å². The zero-order chi connectivity index (χ0) is 12.1. The SMILES string of the molecule is CCCC1CCCCN1c1nccnc1CN. The van der Waals surface area contributed by atoms with E-state index in [4.69, 9.17) is 5.73 Å². The molecule has 0 saturated carbocycles. The number of anilines is 1. The Bertz CT molecular complexity index is 351. The van der Waals surface area contributed by atoms with E-state index in [0.717, 1.165) is 18.1 Å². The standard InChI is InChI=1S/C13H22N4/c1-2-5-11-6-3-4-9-17(11)13-12(10-14)15-7-8-16-13/h7-8,11H,2-6,9-10,14H2,1H3. The van der Waals surface area contributed by atoms with Crippen LogP contribution in [-0.2, 0) is 6.54 Å². The van der Waals surface area contributed by atoms with Gasteiger partial charge in [-0.1, -0.05) is 13.3 Å². The molecule has 1 atom stereocenters. The molecule has 0 radical (unpaired) electrons. The van der Waals surface area contributed by atoms with Gasteiger partial charge in [0.15, 0.2) is 5.82 Å². The average Bonchev–Trinajstić information content (AvgIpc) is 2.40. The summed E-state index contributed by atoms with van der Waals surface area (Å²) in [7, 11) is 0. The maximum Gasteiger partial charge on any atom is 0.151 e. The first-order valence-electron chi connectivity index (χ1n) is 6.63. The first kappa shape index (κ1) is 12.3. The molecule has 2 heterocycles. The molecule has 1 aromatic heterocycles. The van der Waals surface area contributed by atoms with Gasteiger partial charge in [-0.2, -0.15) is 0 Å². The second-order valence-electron chi connectivity index (χ2n) is 4.66. The van der Waals surface area contributed by atoms with Gasteiger partial charge in [-0.15, -0.1) is 0 Å². The van der Waals surface area contributed by atoms with Crippen LogP contribution in [0.1, 0.15) is 44.7 Å². The Labute approximate surface area is 103 Å². The van der Waals surface area contributed by atoms with E-state index in [0.29, 0.717) is 12.6 Å². The predicted molar refractivity (Wildman–Crippen MR) is 69.8 cm³/mol. The fraction of sp³-hybridized carbons (Fsp3) is 0.692. The summed E-state index contributed by atoms with van der Waals surface area (Å²) >= 11 is 0. The van der Waals surface area contributed by atoms with Gasteiger partial charge in [-0.3, -0.25) is 4.98 Å². The Morgan fingerprint density at radius 1 is 1.35 bits per heavy atom. The molecule has 4 heteroatoms. The van der Waals surface area contributed by atoms with Crippen LogP contribution in [0.5, 0.6) is 0 Å². The number of nitrogens with two attached hydrogens (primary N) is 1. The zero-order valence-electron chi connectivity index (χ0n) is 10.6. The lowest BCUT2D eigenvalue weighted by molar-refractivity contribution is 0.430. The smallest absolute Gasteiger partial charge is 0.151 e. The van der Waals surface area contributed by atoms with E-state index in [-0.39, 0.29) is 0 Å². The number of aromatic nitrogens is 2. The van der Waals surface area contributed by atoms with Crippen molar-refractivity contribution in [3.8, 4) is 0 Å². The lowest BCUT2D eigenvalue weighted by atomic mass is 9.98. The van der Waals surface area contributed by atoms with Gasteiger partial charge in [0.25, 0.3) is 0 Å². The second kappa shape index (κ2) is 5.96. The van der Waals surface area contributed by atoms with E-state index >= 15 is 0 Å². The van der Waals surface area contributed by atoms with Gasteiger partial charge >= 0.3 is 0 Å². The van der Waals surface area contributed by atoms with Crippen molar-refractivity contribution in [2.45, 2.75) is 51.6 Å². The molecule has 1 aliphatic rings. The summed E-state index contributed by atoms with van der Waals surface area (Å²) in [6.07, 6.45) is 9.81. The molecule has 94 valence electrons. The molecule has 1 aliphatic heterocycles. The number of nitrogens with zero attached hydrogens (tertiary/aromatic N) is 3. The van der Waals surface area contributed by atoms with Crippen LogP contribution in [0.25, 0.3) is 0 Å². The molecule has 2 rings (SSSR count). The number of hydrogen-bond donors (Lipinski definition) is 1. The third kappa shape index (κ3) is 2.75. The Morgan fingerprint density at radius 3 is 2.94 bits per heavy atom. The summed E-state index contributed by atoms with van der Waals surface area (Å²) in [5.41, 5.74) is 6.67. The van der Waals surface area contributed by atoms with Crippen LogP contribution in [0.4, 0.5) is 5.82 Å². The van der Waals surface area contributed by atoms with Gasteiger partial charge in [0.2, 0.25) is 0 Å². The van der Waals surface area contributed by atoms with Crippen LogP contribution in [0.15, 0.2) is 12.4 Å². The van der Waals surface area contributed by atoms with Crippen molar-refractivity contribution in [1.82, 2.24) is 9.97 Å². The minimum Gasteiger partial charge on any atom is -0.352 e. The molecular weight excluding hydrogens is 212 g/mol. The van der Waals surface area contributed by atoms with Gasteiger partial charge in [0.05, 0.1) is 5.69 Å². The third-order valence-electron chi connectivity index (χ3n) is 3.47. The summed E-state index contributed by atoms with van der Waals surface area (Å²) in [5, 5.41) is 0. The van der Waals surface area contributed by atoms with E-state index in [1.54, 1.807) is 12.4 Å². The van der Waals surface area contributed by atoms with Crippen LogP contribution < -0.4 is 10.6 Å². The summed E-state index contributed by atoms with van der Waals surface area (Å²) in [5.74, 6) is 1.01. The number of hydrogen-bond acceptors (Lipinski definition) is 4. The average molecular weight is 234 g/mol. The van der Waals surface area contributed by atoms with E-state index in [2.05, 4.69) is 21.8 Å². The van der Waals surface area contributed by atoms with Crippen molar-refractivity contribution in [3.63, 3.8) is 0 Å². The molecule has 0 spiro atoms. The fourth-order valence-electron chi connectivity index (χ4n) is 2.66. The fourth-order valence-corrected chi connectivity index (χ4v) is 2.66. The molecule has 0 amide bonds. The van der Waals surface area contributed by atoms with Gasteiger partial charge in [-0.05, 0) is 25.7 Å². The monoisotopic (exact) mass is 234 g/mol. The quantitative estimate of drug-likeness (QED) is 0.866. The highest BCUT2D eigenvalue weighted by atomic mass is 15.2. The minimum absolute atomic E-state index is 0.471. The third-order valence-corrected chi connectivity index (χ3v) is 3.47. The molecule has 1 saturated heterocycles. The van der Waals surface area contributed by atoms with Crippen LogP contribution in [0.2, 0.25) is 0 Å². The first-order chi connectivity index (χ1) is 8.36. The predicted octanol–water partition coefficient (Wildman–Crippen LogP) is 2.09.